The molecule has 0 spiro atoms. The van der Waals surface area contributed by atoms with Gasteiger partial charge in [0, 0.05) is 32.2 Å². The quantitative estimate of drug-likeness (QED) is 0.192. The number of ketones is 1. The number of para-hydroxylation sites is 1. The lowest BCUT2D eigenvalue weighted by molar-refractivity contribution is -0.147. The summed E-state index contributed by atoms with van der Waals surface area (Å²) in [5.41, 5.74) is -1.33. The Kier molecular flexibility index (Phi) is 5.18. The van der Waals surface area contributed by atoms with Gasteiger partial charge >= 0.3 is 5.97 Å². The molecule has 5 nitrogen and oxygen atoms in total. The summed E-state index contributed by atoms with van der Waals surface area (Å²) in [6, 6.07) is 20.6. The topological polar surface area (TPSA) is 72.5 Å². The summed E-state index contributed by atoms with van der Waals surface area (Å²) in [4.78, 5) is 41.3. The first kappa shape index (κ1) is 21.9. The van der Waals surface area contributed by atoms with Crippen LogP contribution in [0.2, 0.25) is 5.02 Å². The molecule has 0 saturated heterocycles. The number of ether oxygens (including phenoxy) is 1. The summed E-state index contributed by atoms with van der Waals surface area (Å²) in [7, 11) is 0. The zero-order chi connectivity index (χ0) is 23.4. The maximum Gasteiger partial charge on any atom is 0.328 e. The van der Waals surface area contributed by atoms with Crippen LogP contribution in [0.25, 0.3) is 0 Å². The Morgan fingerprint density at radius 2 is 1.70 bits per heavy atom. The van der Waals surface area contributed by atoms with Crippen LogP contribution in [0.15, 0.2) is 77.3 Å². The Bertz CT molecular complexity index is 1290. The summed E-state index contributed by atoms with van der Waals surface area (Å²) in [5.74, 6) is -1.76. The van der Waals surface area contributed by atoms with Gasteiger partial charge in [0.15, 0.2) is 11.2 Å². The van der Waals surface area contributed by atoms with E-state index in [4.69, 9.17) is 16.3 Å². The molecule has 166 valence electrons. The van der Waals surface area contributed by atoms with Crippen molar-refractivity contribution in [3.05, 3.63) is 93.4 Å². The SMILES string of the molecule is CC[C@]1(C(=O)c2ccc(Cl)cc2)[C@@H]2c3ccccc3OC(=O)[C@]21C(=O)Nc1ccc(Br)cc1. The number of nitrogens with one attached hydrogen (secondary N) is 1. The van der Waals surface area contributed by atoms with Gasteiger partial charge in [0.25, 0.3) is 0 Å². The van der Waals surface area contributed by atoms with E-state index in [0.29, 0.717) is 27.6 Å². The van der Waals surface area contributed by atoms with E-state index in [1.807, 2.05) is 19.1 Å². The molecule has 1 aliphatic carbocycles. The second-order valence-corrected chi connectivity index (χ2v) is 9.64. The average Bonchev–Trinajstić information content (AvgIpc) is 3.47. The predicted octanol–water partition coefficient (Wildman–Crippen LogP) is 6.02. The monoisotopic (exact) mass is 523 g/mol. The number of carbonyl (C=O) groups excluding carboxylic acids is 3. The van der Waals surface area contributed by atoms with E-state index >= 15 is 0 Å². The molecule has 3 aromatic carbocycles. The Balaban J connectivity index is 1.66. The van der Waals surface area contributed by atoms with Crippen molar-refractivity contribution in [2.75, 3.05) is 5.32 Å². The molecular formula is C26H19BrClNO4. The van der Waals surface area contributed by atoms with Crippen molar-refractivity contribution >= 4 is 50.9 Å². The molecule has 1 aliphatic heterocycles. The first-order valence-corrected chi connectivity index (χ1v) is 11.7. The van der Waals surface area contributed by atoms with Crippen LogP contribution in [0.3, 0.4) is 0 Å². The van der Waals surface area contributed by atoms with Crippen LogP contribution >= 0.6 is 27.5 Å². The summed E-state index contributed by atoms with van der Waals surface area (Å²) in [6.07, 6.45) is 0.288. The number of fused-ring (bicyclic) bond motifs is 3. The van der Waals surface area contributed by atoms with Gasteiger partial charge in [0.2, 0.25) is 5.91 Å². The number of rotatable bonds is 5. The van der Waals surface area contributed by atoms with Gasteiger partial charge in [-0.1, -0.05) is 52.7 Å². The van der Waals surface area contributed by atoms with Crippen LogP contribution in [-0.2, 0) is 9.59 Å². The molecule has 5 rings (SSSR count). The molecular weight excluding hydrogens is 506 g/mol. The van der Waals surface area contributed by atoms with Gasteiger partial charge in [-0.15, -0.1) is 0 Å². The highest BCUT2D eigenvalue weighted by atomic mass is 79.9. The first-order valence-electron chi connectivity index (χ1n) is 10.5. The molecule has 1 saturated carbocycles. The molecule has 0 aromatic heterocycles. The van der Waals surface area contributed by atoms with Crippen molar-refractivity contribution in [2.24, 2.45) is 10.8 Å². The summed E-state index contributed by atoms with van der Waals surface area (Å²) >= 11 is 9.39. The van der Waals surface area contributed by atoms with Crippen LogP contribution in [0.1, 0.15) is 35.2 Å². The number of hydrogen-bond donors (Lipinski definition) is 1. The summed E-state index contributed by atoms with van der Waals surface area (Å²) in [5, 5.41) is 3.35. The lowest BCUT2D eigenvalue weighted by Gasteiger charge is -2.24. The number of anilines is 1. The van der Waals surface area contributed by atoms with Crippen LogP contribution in [0.5, 0.6) is 5.75 Å². The number of carbonyl (C=O) groups is 3. The molecule has 0 unspecified atom stereocenters. The zero-order valence-electron chi connectivity index (χ0n) is 17.6. The Labute approximate surface area is 204 Å². The highest BCUT2D eigenvalue weighted by Crippen LogP contribution is 2.80. The van der Waals surface area contributed by atoms with Gasteiger partial charge in [-0.3, -0.25) is 14.4 Å². The average molecular weight is 525 g/mol. The van der Waals surface area contributed by atoms with Crippen LogP contribution in [0, 0.1) is 10.8 Å². The number of halogens is 2. The van der Waals surface area contributed by atoms with E-state index < -0.39 is 28.6 Å². The molecule has 1 fully saturated rings. The van der Waals surface area contributed by atoms with Crippen LogP contribution < -0.4 is 10.1 Å². The van der Waals surface area contributed by atoms with E-state index in [1.165, 1.54) is 0 Å². The van der Waals surface area contributed by atoms with E-state index in [9.17, 15) is 14.4 Å². The third kappa shape index (κ3) is 3.01. The number of hydrogen-bond acceptors (Lipinski definition) is 4. The Morgan fingerprint density at radius 1 is 1.03 bits per heavy atom. The first-order chi connectivity index (χ1) is 15.9. The van der Waals surface area contributed by atoms with E-state index in [-0.39, 0.29) is 12.2 Å². The van der Waals surface area contributed by atoms with Crippen molar-refractivity contribution in [3.63, 3.8) is 0 Å². The zero-order valence-corrected chi connectivity index (χ0v) is 19.9. The lowest BCUT2D eigenvalue weighted by Crippen LogP contribution is -2.42. The smallest absolute Gasteiger partial charge is 0.328 e. The Morgan fingerprint density at radius 3 is 2.36 bits per heavy atom. The molecule has 3 atom stereocenters. The molecule has 2 aliphatic rings. The highest BCUT2D eigenvalue weighted by Gasteiger charge is 2.89. The summed E-state index contributed by atoms with van der Waals surface area (Å²) < 4.78 is 6.51. The maximum atomic E-state index is 14.0. The standard InChI is InChI=1S/C26H19BrClNO4/c1-2-25(22(30)15-7-11-17(28)12-8-15)21-19-5-3-4-6-20(19)33-24(32)26(21,25)23(31)29-18-13-9-16(27)10-14-18/h3-14,21H,2H2,1H3,(H,29,31)/t21-,25+,26+/m0/s1. The summed E-state index contributed by atoms with van der Waals surface area (Å²) in [6.45, 7) is 1.83. The molecule has 1 N–H and O–H groups in total. The van der Waals surface area contributed by atoms with Crippen molar-refractivity contribution in [1.82, 2.24) is 0 Å². The number of benzene rings is 3. The molecule has 1 heterocycles. The molecule has 0 radical (unpaired) electrons. The molecule has 33 heavy (non-hydrogen) atoms. The van der Waals surface area contributed by atoms with Crippen molar-refractivity contribution in [2.45, 2.75) is 19.3 Å². The van der Waals surface area contributed by atoms with Gasteiger partial charge < -0.3 is 10.1 Å². The minimum atomic E-state index is -1.67. The molecule has 7 heteroatoms. The van der Waals surface area contributed by atoms with Gasteiger partial charge in [-0.2, -0.15) is 0 Å². The Hall–Kier alpha value is -2.96. The van der Waals surface area contributed by atoms with E-state index in [2.05, 4.69) is 21.2 Å². The van der Waals surface area contributed by atoms with Gasteiger partial charge in [0.1, 0.15) is 5.75 Å². The minimum Gasteiger partial charge on any atom is -0.425 e. The molecule has 1 amide bonds. The lowest BCUT2D eigenvalue weighted by atomic mass is 9.82. The second-order valence-electron chi connectivity index (χ2n) is 8.29. The fourth-order valence-electron chi connectivity index (χ4n) is 5.33. The minimum absolute atomic E-state index is 0.272. The van der Waals surface area contributed by atoms with Crippen LogP contribution in [0.4, 0.5) is 5.69 Å². The molecule has 0 bridgehead atoms. The number of Topliss-reactive ketones (excluding diaryl/α,β-unsaturated/α-hetero) is 1. The highest BCUT2D eigenvalue weighted by molar-refractivity contribution is 9.10. The molecule has 3 aromatic rings. The van der Waals surface area contributed by atoms with Crippen molar-refractivity contribution in [3.8, 4) is 5.75 Å². The van der Waals surface area contributed by atoms with Crippen molar-refractivity contribution in [1.29, 1.82) is 0 Å². The fourth-order valence-corrected chi connectivity index (χ4v) is 5.72. The maximum absolute atomic E-state index is 14.0. The number of amides is 1. The van der Waals surface area contributed by atoms with Crippen molar-refractivity contribution < 1.29 is 19.1 Å². The third-order valence-corrected chi connectivity index (χ3v) is 7.61. The van der Waals surface area contributed by atoms with E-state index in [1.54, 1.807) is 60.7 Å². The van der Waals surface area contributed by atoms with E-state index in [0.717, 1.165) is 4.47 Å². The fraction of sp³-hybridized carbons (Fsp3) is 0.192. The third-order valence-electron chi connectivity index (χ3n) is 6.83. The number of esters is 1. The van der Waals surface area contributed by atoms with Gasteiger partial charge in [-0.05, 0) is 61.0 Å². The van der Waals surface area contributed by atoms with Crippen LogP contribution in [-0.4, -0.2) is 17.7 Å². The largest absolute Gasteiger partial charge is 0.425 e. The van der Waals surface area contributed by atoms with Gasteiger partial charge in [-0.25, -0.2) is 0 Å². The normalized spacial score (nSPS) is 24.8. The van der Waals surface area contributed by atoms with Gasteiger partial charge in [0.05, 0.1) is 5.41 Å². The second kappa shape index (κ2) is 7.82. The predicted molar refractivity (Wildman–Crippen MR) is 129 cm³/mol.